The number of aromatic nitrogens is 2. The molecule has 6 nitrogen and oxygen atoms in total. The third-order valence-electron chi connectivity index (χ3n) is 8.04. The third kappa shape index (κ3) is 4.76. The Morgan fingerprint density at radius 3 is 2.42 bits per heavy atom. The lowest BCUT2D eigenvalue weighted by atomic mass is 9.43. The Hall–Kier alpha value is -4.08. The Labute approximate surface area is 226 Å². The highest BCUT2D eigenvalue weighted by Gasteiger charge is 2.56. The first-order chi connectivity index (χ1) is 19.0. The molecule has 0 unspecified atom stereocenters. The summed E-state index contributed by atoms with van der Waals surface area (Å²) in [5.41, 5.74) is 1.80. The van der Waals surface area contributed by atoms with Gasteiger partial charge in [0.2, 0.25) is 5.71 Å². The number of nitrogens with one attached hydrogen (secondary N) is 1. The van der Waals surface area contributed by atoms with Crippen LogP contribution in [0.2, 0.25) is 0 Å². The van der Waals surface area contributed by atoms with Gasteiger partial charge in [0.1, 0.15) is 11.6 Å². The fourth-order valence-corrected chi connectivity index (χ4v) is 5.97. The summed E-state index contributed by atoms with van der Waals surface area (Å²) in [6.07, 6.45) is 0.561. The van der Waals surface area contributed by atoms with E-state index in [1.54, 1.807) is 12.1 Å². The Morgan fingerprint density at radius 2 is 1.80 bits per heavy atom. The number of carbonyl (C=O) groups excluding carboxylic acids is 2. The maximum absolute atomic E-state index is 13.6. The number of carbonyl (C=O) groups is 2. The van der Waals surface area contributed by atoms with E-state index in [-0.39, 0.29) is 39.3 Å². The lowest BCUT2D eigenvalue weighted by Gasteiger charge is -2.61. The summed E-state index contributed by atoms with van der Waals surface area (Å²) in [5, 5.41) is 2.83. The molecule has 3 aliphatic carbocycles. The molecule has 1 aromatic carbocycles. The minimum absolute atomic E-state index is 0.0253. The number of hydrogen-bond acceptors (Lipinski definition) is 5. The van der Waals surface area contributed by atoms with Crippen molar-refractivity contribution < 1.29 is 31.6 Å². The smallest absolute Gasteiger partial charge is 0.389 e. The Kier molecular flexibility index (Phi) is 6.23. The van der Waals surface area contributed by atoms with Crippen molar-refractivity contribution in [1.29, 1.82) is 0 Å². The average molecular weight is 552 g/mol. The normalized spacial score (nSPS) is 19.7. The van der Waals surface area contributed by atoms with Crippen molar-refractivity contribution >= 4 is 22.8 Å². The summed E-state index contributed by atoms with van der Waals surface area (Å²) in [5.74, 6) is -0.190. The van der Waals surface area contributed by atoms with E-state index >= 15 is 0 Å². The van der Waals surface area contributed by atoms with Gasteiger partial charge in [-0.2, -0.15) is 13.2 Å². The summed E-state index contributed by atoms with van der Waals surface area (Å²) in [6.45, 7) is 0. The van der Waals surface area contributed by atoms with E-state index in [9.17, 15) is 27.2 Å². The van der Waals surface area contributed by atoms with Crippen LogP contribution >= 0.6 is 0 Å². The van der Waals surface area contributed by atoms with Gasteiger partial charge in [0.15, 0.2) is 5.78 Å². The molecule has 206 valence electrons. The molecule has 1 N–H and O–H groups in total. The molecule has 10 heteroatoms. The number of alkyl halides is 3. The summed E-state index contributed by atoms with van der Waals surface area (Å²) in [7, 11) is 1.44. The molecular weight excluding hydrogens is 526 g/mol. The maximum Gasteiger partial charge on any atom is 0.389 e. The number of benzene rings is 1. The topological polar surface area (TPSA) is 85.1 Å². The molecule has 0 saturated heterocycles. The van der Waals surface area contributed by atoms with Crippen LogP contribution in [0.3, 0.4) is 0 Å². The van der Waals surface area contributed by atoms with Gasteiger partial charge in [0.05, 0.1) is 16.6 Å². The number of rotatable bonds is 8. The van der Waals surface area contributed by atoms with Crippen molar-refractivity contribution in [2.45, 2.75) is 44.7 Å². The predicted octanol–water partition coefficient (Wildman–Crippen LogP) is 6.92. The van der Waals surface area contributed by atoms with Crippen LogP contribution in [0.1, 0.15) is 58.5 Å². The summed E-state index contributed by atoms with van der Waals surface area (Å²) in [4.78, 5) is 34.7. The maximum atomic E-state index is 13.6. The van der Waals surface area contributed by atoms with E-state index in [1.165, 1.54) is 43.7 Å². The molecule has 4 aromatic rings. The number of hydrogen-bond donors (Lipinski definition) is 1. The Morgan fingerprint density at radius 1 is 1.07 bits per heavy atom. The van der Waals surface area contributed by atoms with Crippen LogP contribution in [0.5, 0.6) is 0 Å². The number of furan rings is 1. The number of nitrogens with zero attached hydrogens (tertiary/aromatic N) is 2. The summed E-state index contributed by atoms with van der Waals surface area (Å²) < 4.78 is 59.2. The van der Waals surface area contributed by atoms with Crippen LogP contribution < -0.4 is 5.32 Å². The van der Waals surface area contributed by atoms with Crippen molar-refractivity contribution in [2.75, 3.05) is 7.05 Å². The van der Waals surface area contributed by atoms with Gasteiger partial charge in [0.25, 0.3) is 5.91 Å². The molecule has 0 aliphatic heterocycles. The van der Waals surface area contributed by atoms with Crippen molar-refractivity contribution in [3.8, 4) is 22.5 Å². The lowest BCUT2D eigenvalue weighted by Crippen LogP contribution is -2.52. The second-order valence-electron chi connectivity index (χ2n) is 10.9. The number of fused-ring (bicyclic) bond motifs is 1. The number of ketones is 1. The van der Waals surface area contributed by atoms with Gasteiger partial charge >= 0.3 is 6.18 Å². The number of Topliss-reactive ketones (excluding diaryl/α,β-unsaturated/α-hetero) is 1. The van der Waals surface area contributed by atoms with Gasteiger partial charge in [-0.15, -0.1) is 0 Å². The molecule has 1 amide bonds. The molecule has 7 rings (SSSR count). The van der Waals surface area contributed by atoms with Crippen LogP contribution in [0.4, 0.5) is 17.6 Å². The molecule has 0 spiro atoms. The fourth-order valence-electron chi connectivity index (χ4n) is 5.97. The van der Waals surface area contributed by atoms with E-state index in [0.717, 1.165) is 25.2 Å². The summed E-state index contributed by atoms with van der Waals surface area (Å²) >= 11 is 0. The molecular formula is C30H25F4N3O3. The van der Waals surface area contributed by atoms with E-state index in [2.05, 4.69) is 15.3 Å². The monoisotopic (exact) mass is 551 g/mol. The van der Waals surface area contributed by atoms with Crippen LogP contribution in [0, 0.1) is 17.2 Å². The van der Waals surface area contributed by atoms with Crippen molar-refractivity contribution in [3.05, 3.63) is 71.4 Å². The third-order valence-corrected chi connectivity index (χ3v) is 8.04. The Bertz CT molecular complexity index is 1630. The largest absolute Gasteiger partial charge is 0.437 e. The van der Waals surface area contributed by atoms with E-state index < -0.39 is 30.7 Å². The van der Waals surface area contributed by atoms with Crippen LogP contribution in [0.15, 0.2) is 53.2 Å². The van der Waals surface area contributed by atoms with Crippen LogP contribution in [-0.4, -0.2) is 34.9 Å². The first-order valence-electron chi connectivity index (χ1n) is 13.0. The number of aryl methyl sites for hydroxylation is 1. The van der Waals surface area contributed by atoms with Gasteiger partial charge < -0.3 is 9.73 Å². The molecule has 3 aliphatic rings. The molecule has 3 saturated carbocycles. The lowest BCUT2D eigenvalue weighted by molar-refractivity contribution is -0.134. The van der Waals surface area contributed by atoms with Gasteiger partial charge in [0, 0.05) is 54.5 Å². The average Bonchev–Trinajstić information content (AvgIpc) is 3.26. The van der Waals surface area contributed by atoms with Crippen molar-refractivity contribution in [1.82, 2.24) is 15.3 Å². The molecule has 40 heavy (non-hydrogen) atoms. The quantitative estimate of drug-likeness (QED) is 0.190. The van der Waals surface area contributed by atoms with Crippen molar-refractivity contribution in [2.24, 2.45) is 11.3 Å². The zero-order valence-corrected chi connectivity index (χ0v) is 21.6. The minimum atomic E-state index is -4.43. The molecule has 3 fully saturated rings. The number of amides is 1. The number of pyridine rings is 2. The van der Waals surface area contributed by atoms with E-state index in [1.807, 2.05) is 0 Å². The van der Waals surface area contributed by atoms with Gasteiger partial charge in [-0.05, 0) is 73.4 Å². The zero-order chi connectivity index (χ0) is 28.2. The zero-order valence-electron chi connectivity index (χ0n) is 21.6. The highest BCUT2D eigenvalue weighted by atomic mass is 19.4. The molecule has 0 atom stereocenters. The fraction of sp³-hybridized carbons (Fsp3) is 0.333. The highest BCUT2D eigenvalue weighted by molar-refractivity contribution is 6.11. The second-order valence-corrected chi connectivity index (χ2v) is 10.9. The SMILES string of the molecule is CNC(=O)c1c(-c2ccc(F)cc2)oc2nc(CCC(F)(F)F)c(-c3cncc(C(=O)CC45CC(C4)C5)c3)cc12. The van der Waals surface area contributed by atoms with E-state index in [4.69, 9.17) is 4.42 Å². The predicted molar refractivity (Wildman–Crippen MR) is 139 cm³/mol. The summed E-state index contributed by atoms with van der Waals surface area (Å²) in [6, 6.07) is 8.49. The van der Waals surface area contributed by atoms with Gasteiger partial charge in [-0.1, -0.05) is 0 Å². The molecule has 3 aromatic heterocycles. The first kappa shape index (κ1) is 26.2. The van der Waals surface area contributed by atoms with Crippen molar-refractivity contribution in [3.63, 3.8) is 0 Å². The van der Waals surface area contributed by atoms with Crippen LogP contribution in [0.25, 0.3) is 33.6 Å². The number of halogens is 4. The minimum Gasteiger partial charge on any atom is -0.437 e. The molecule has 0 radical (unpaired) electrons. The standard InChI is InChI=1S/C30H25F4N3O3/c1-35-27(39)25-22-9-21(18-8-19(15-36-14-18)24(38)13-29-10-16(11-29)12-29)23(6-7-30(32,33)34)37-28(22)40-26(25)17-2-4-20(31)5-3-17/h2-5,8-9,14-16H,6-7,10-13H2,1H3,(H,35,39). The van der Waals surface area contributed by atoms with Crippen LogP contribution in [-0.2, 0) is 6.42 Å². The first-order valence-corrected chi connectivity index (χ1v) is 13.0. The highest BCUT2D eigenvalue weighted by Crippen LogP contribution is 2.66. The molecule has 2 bridgehead atoms. The second kappa shape index (κ2) is 9.53. The van der Waals surface area contributed by atoms with Gasteiger partial charge in [-0.25, -0.2) is 9.37 Å². The Balaban J connectivity index is 1.47. The van der Waals surface area contributed by atoms with Gasteiger partial charge in [-0.3, -0.25) is 14.6 Å². The molecule has 3 heterocycles. The van der Waals surface area contributed by atoms with E-state index in [0.29, 0.717) is 28.7 Å².